The lowest BCUT2D eigenvalue weighted by atomic mass is 10.1. The molecular weight excluding hydrogens is 266 g/mol. The average Bonchev–Trinajstić information content (AvgIpc) is 2.95. The zero-order chi connectivity index (χ0) is 15.2. The number of aromatic nitrogens is 4. The van der Waals surface area contributed by atoms with Crippen molar-refractivity contribution in [3.05, 3.63) is 42.4 Å². The fourth-order valence-electron chi connectivity index (χ4n) is 1.97. The van der Waals surface area contributed by atoms with Crippen molar-refractivity contribution in [2.45, 2.75) is 19.8 Å². The molecule has 1 aromatic carbocycles. The van der Waals surface area contributed by atoms with E-state index in [2.05, 4.69) is 15.5 Å². The second kappa shape index (κ2) is 6.78. The molecule has 21 heavy (non-hydrogen) atoms. The number of hydrogen-bond donors (Lipinski definition) is 0. The molecule has 0 aliphatic heterocycles. The highest BCUT2D eigenvalue weighted by atomic mass is 16.1. The van der Waals surface area contributed by atoms with Crippen LogP contribution in [0.1, 0.15) is 25.6 Å². The van der Waals surface area contributed by atoms with Gasteiger partial charge in [-0.2, -0.15) is 4.68 Å². The molecule has 0 fully saturated rings. The number of Topliss-reactive ketones (excluding diaryl/α,β-unsaturated/α-hetero) is 1. The molecule has 0 unspecified atom stereocenters. The fourth-order valence-corrected chi connectivity index (χ4v) is 1.97. The van der Waals surface area contributed by atoms with Gasteiger partial charge >= 0.3 is 0 Å². The number of ketones is 1. The van der Waals surface area contributed by atoms with Crippen molar-refractivity contribution >= 4 is 11.4 Å². The second-order valence-corrected chi connectivity index (χ2v) is 4.93. The van der Waals surface area contributed by atoms with E-state index in [0.717, 1.165) is 12.1 Å². The first-order valence-electron chi connectivity index (χ1n) is 6.89. The Kier molecular flexibility index (Phi) is 4.81. The highest BCUT2D eigenvalue weighted by Crippen LogP contribution is 2.18. The van der Waals surface area contributed by atoms with Crippen molar-refractivity contribution in [1.82, 2.24) is 25.1 Å². The summed E-state index contributed by atoms with van der Waals surface area (Å²) in [5.41, 5.74) is 1.35. The van der Waals surface area contributed by atoms with Crippen LogP contribution in [-0.4, -0.2) is 45.0 Å². The smallest absolute Gasteiger partial charge is 0.192 e. The van der Waals surface area contributed by atoms with Crippen molar-refractivity contribution in [1.29, 1.82) is 0 Å². The molecule has 1 heterocycles. The standard InChI is InChI=1S/C15H19N5O/c1-4-8-14(21)13(11-19(2)3)15-16-17-18-20(15)12-9-6-5-7-10-12/h5-7,9-11H,4,8H2,1-3H3. The van der Waals surface area contributed by atoms with Gasteiger partial charge in [0.2, 0.25) is 0 Å². The minimum atomic E-state index is 0.0400. The van der Waals surface area contributed by atoms with E-state index < -0.39 is 0 Å². The van der Waals surface area contributed by atoms with E-state index in [0.29, 0.717) is 17.8 Å². The van der Waals surface area contributed by atoms with Gasteiger partial charge in [-0.3, -0.25) is 4.79 Å². The minimum absolute atomic E-state index is 0.0400. The molecule has 110 valence electrons. The lowest BCUT2D eigenvalue weighted by Gasteiger charge is -2.11. The van der Waals surface area contributed by atoms with Gasteiger partial charge in [-0.05, 0) is 29.0 Å². The monoisotopic (exact) mass is 285 g/mol. The molecule has 0 N–H and O–H groups in total. The topological polar surface area (TPSA) is 63.9 Å². The van der Waals surface area contributed by atoms with Crippen LogP contribution in [0.3, 0.4) is 0 Å². The first-order chi connectivity index (χ1) is 10.1. The van der Waals surface area contributed by atoms with Crippen molar-refractivity contribution in [3.8, 4) is 5.69 Å². The molecule has 0 aliphatic carbocycles. The highest BCUT2D eigenvalue weighted by molar-refractivity contribution is 6.19. The van der Waals surface area contributed by atoms with E-state index in [1.54, 1.807) is 10.9 Å². The third-order valence-electron chi connectivity index (χ3n) is 2.88. The van der Waals surface area contributed by atoms with Crippen molar-refractivity contribution < 1.29 is 4.79 Å². The Bertz CT molecular complexity index is 631. The van der Waals surface area contributed by atoms with Crippen molar-refractivity contribution in [2.24, 2.45) is 0 Å². The van der Waals surface area contributed by atoms with Gasteiger partial charge in [-0.1, -0.05) is 25.1 Å². The SMILES string of the molecule is CCCC(=O)C(=CN(C)C)c1nnnn1-c1ccccc1. The quantitative estimate of drug-likeness (QED) is 0.759. The van der Waals surface area contributed by atoms with Crippen LogP contribution in [0.2, 0.25) is 0 Å². The van der Waals surface area contributed by atoms with Crippen LogP contribution in [0.15, 0.2) is 36.5 Å². The summed E-state index contributed by atoms with van der Waals surface area (Å²) < 4.78 is 1.59. The molecule has 6 heteroatoms. The lowest BCUT2D eigenvalue weighted by Crippen LogP contribution is -2.13. The van der Waals surface area contributed by atoms with Crippen molar-refractivity contribution in [2.75, 3.05) is 14.1 Å². The second-order valence-electron chi connectivity index (χ2n) is 4.93. The van der Waals surface area contributed by atoms with Gasteiger partial charge in [0.1, 0.15) is 0 Å². The first-order valence-corrected chi connectivity index (χ1v) is 6.89. The summed E-state index contributed by atoms with van der Waals surface area (Å²) in [4.78, 5) is 14.2. The maximum atomic E-state index is 12.4. The number of carbonyl (C=O) groups excluding carboxylic acids is 1. The molecule has 2 aromatic rings. The van der Waals surface area contributed by atoms with Crippen LogP contribution in [0.25, 0.3) is 11.3 Å². The van der Waals surface area contributed by atoms with Crippen LogP contribution in [-0.2, 0) is 4.79 Å². The Labute approximate surface area is 124 Å². The largest absolute Gasteiger partial charge is 0.383 e. The van der Waals surface area contributed by atoms with Gasteiger partial charge in [0.25, 0.3) is 0 Å². The van der Waals surface area contributed by atoms with Crippen LogP contribution in [0.5, 0.6) is 0 Å². The molecule has 0 saturated carbocycles. The van der Waals surface area contributed by atoms with Crippen LogP contribution in [0, 0.1) is 0 Å². The molecule has 0 aliphatic rings. The van der Waals surface area contributed by atoms with Gasteiger partial charge in [0.05, 0.1) is 11.3 Å². The number of benzene rings is 1. The van der Waals surface area contributed by atoms with E-state index in [4.69, 9.17) is 0 Å². The molecule has 0 bridgehead atoms. The number of hydrogen-bond acceptors (Lipinski definition) is 5. The predicted molar refractivity (Wildman–Crippen MR) is 80.7 cm³/mol. The van der Waals surface area contributed by atoms with E-state index in [1.807, 2.05) is 56.3 Å². The van der Waals surface area contributed by atoms with Gasteiger partial charge in [-0.15, -0.1) is 5.10 Å². The fraction of sp³-hybridized carbons (Fsp3) is 0.333. The molecule has 0 atom stereocenters. The normalized spacial score (nSPS) is 11.5. The molecule has 2 rings (SSSR count). The summed E-state index contributed by atoms with van der Waals surface area (Å²) in [6, 6.07) is 9.54. The van der Waals surface area contributed by atoms with Crippen LogP contribution in [0.4, 0.5) is 0 Å². The van der Waals surface area contributed by atoms with E-state index in [-0.39, 0.29) is 5.78 Å². The highest BCUT2D eigenvalue weighted by Gasteiger charge is 2.19. The Morgan fingerprint density at radius 1 is 1.29 bits per heavy atom. The Morgan fingerprint density at radius 3 is 2.62 bits per heavy atom. The van der Waals surface area contributed by atoms with E-state index in [1.165, 1.54) is 0 Å². The minimum Gasteiger partial charge on any atom is -0.383 e. The molecule has 0 amide bonds. The maximum absolute atomic E-state index is 12.4. The molecule has 0 radical (unpaired) electrons. The van der Waals surface area contributed by atoms with E-state index >= 15 is 0 Å². The molecule has 1 aromatic heterocycles. The van der Waals surface area contributed by atoms with Crippen LogP contribution < -0.4 is 0 Å². The number of nitrogens with zero attached hydrogens (tertiary/aromatic N) is 5. The number of tetrazole rings is 1. The summed E-state index contributed by atoms with van der Waals surface area (Å²) in [6.45, 7) is 1.98. The summed E-state index contributed by atoms with van der Waals surface area (Å²) in [6.07, 6.45) is 3.03. The van der Waals surface area contributed by atoms with Crippen molar-refractivity contribution in [3.63, 3.8) is 0 Å². The van der Waals surface area contributed by atoms with Gasteiger partial charge in [0.15, 0.2) is 11.6 Å². The molecular formula is C15H19N5O. The first kappa shape index (κ1) is 14.9. The molecule has 6 nitrogen and oxygen atoms in total. The number of carbonyl (C=O) groups is 1. The zero-order valence-corrected chi connectivity index (χ0v) is 12.5. The predicted octanol–water partition coefficient (Wildman–Crippen LogP) is 1.93. The number of rotatable bonds is 6. The molecule has 0 spiro atoms. The third-order valence-corrected chi connectivity index (χ3v) is 2.88. The van der Waals surface area contributed by atoms with Crippen LogP contribution >= 0.6 is 0 Å². The Morgan fingerprint density at radius 2 is 2.00 bits per heavy atom. The average molecular weight is 285 g/mol. The Hall–Kier alpha value is -2.50. The van der Waals surface area contributed by atoms with E-state index in [9.17, 15) is 4.79 Å². The summed E-state index contributed by atoms with van der Waals surface area (Å²) in [7, 11) is 3.74. The summed E-state index contributed by atoms with van der Waals surface area (Å²) >= 11 is 0. The number of para-hydroxylation sites is 1. The van der Waals surface area contributed by atoms with Gasteiger partial charge in [-0.25, -0.2) is 0 Å². The summed E-state index contributed by atoms with van der Waals surface area (Å²) in [5.74, 6) is 0.506. The maximum Gasteiger partial charge on any atom is 0.192 e. The Balaban J connectivity index is 2.48. The van der Waals surface area contributed by atoms with Gasteiger partial charge in [0, 0.05) is 26.7 Å². The van der Waals surface area contributed by atoms with Gasteiger partial charge < -0.3 is 4.90 Å². The third kappa shape index (κ3) is 3.53. The molecule has 0 saturated heterocycles. The zero-order valence-electron chi connectivity index (χ0n) is 12.5. The number of allylic oxidation sites excluding steroid dienone is 1. The summed E-state index contributed by atoms with van der Waals surface area (Å²) in [5, 5.41) is 11.8. The lowest BCUT2D eigenvalue weighted by molar-refractivity contribution is -0.113.